The summed E-state index contributed by atoms with van der Waals surface area (Å²) in [5.74, 6) is -0.153. The van der Waals surface area contributed by atoms with Crippen LogP contribution in [0.5, 0.6) is 0 Å². The van der Waals surface area contributed by atoms with Crippen molar-refractivity contribution >= 4 is 40.0 Å². The van der Waals surface area contributed by atoms with Crippen molar-refractivity contribution in [3.8, 4) is 0 Å². The first-order valence-corrected chi connectivity index (χ1v) is 7.37. The largest absolute Gasteiger partial charge is 0.326 e. The van der Waals surface area contributed by atoms with Gasteiger partial charge in [-0.15, -0.1) is 0 Å². The molecule has 0 aliphatic heterocycles. The number of benzene rings is 2. The van der Waals surface area contributed by atoms with Gasteiger partial charge in [-0.05, 0) is 46.9 Å². The summed E-state index contributed by atoms with van der Waals surface area (Å²) in [6.45, 7) is 0. The standard InChI is InChI=1S/C16H14INO2/c17-13-8-6-12(7-9-13)15(19)10-11-16(20)18-14-4-2-1-3-5-14/h1-9H,10-11H2,(H,18,20). The Morgan fingerprint density at radius 3 is 2.20 bits per heavy atom. The number of anilines is 1. The number of carbonyl (C=O) groups excluding carboxylic acids is 2. The molecule has 0 radical (unpaired) electrons. The lowest BCUT2D eigenvalue weighted by molar-refractivity contribution is -0.116. The maximum Gasteiger partial charge on any atom is 0.224 e. The zero-order chi connectivity index (χ0) is 14.4. The lowest BCUT2D eigenvalue weighted by atomic mass is 10.1. The zero-order valence-electron chi connectivity index (χ0n) is 10.8. The van der Waals surface area contributed by atoms with Crippen LogP contribution in [0.3, 0.4) is 0 Å². The molecular formula is C16H14INO2. The molecular weight excluding hydrogens is 365 g/mol. The molecule has 102 valence electrons. The van der Waals surface area contributed by atoms with Crippen molar-refractivity contribution < 1.29 is 9.59 Å². The summed E-state index contributed by atoms with van der Waals surface area (Å²) in [5, 5.41) is 2.77. The van der Waals surface area contributed by atoms with Crippen molar-refractivity contribution in [1.82, 2.24) is 0 Å². The molecule has 0 aliphatic rings. The SMILES string of the molecule is O=C(CCC(=O)c1ccc(I)cc1)Nc1ccccc1. The van der Waals surface area contributed by atoms with Gasteiger partial charge in [0, 0.05) is 27.7 Å². The lowest BCUT2D eigenvalue weighted by Gasteiger charge is -2.04. The van der Waals surface area contributed by atoms with E-state index in [0.717, 1.165) is 9.26 Å². The van der Waals surface area contributed by atoms with E-state index in [-0.39, 0.29) is 24.5 Å². The van der Waals surface area contributed by atoms with Gasteiger partial charge >= 0.3 is 0 Å². The molecule has 1 N–H and O–H groups in total. The topological polar surface area (TPSA) is 46.2 Å². The van der Waals surface area contributed by atoms with Crippen LogP contribution in [0.1, 0.15) is 23.2 Å². The maximum absolute atomic E-state index is 11.9. The minimum Gasteiger partial charge on any atom is -0.326 e. The van der Waals surface area contributed by atoms with E-state index in [4.69, 9.17) is 0 Å². The third-order valence-corrected chi connectivity index (χ3v) is 3.52. The van der Waals surface area contributed by atoms with E-state index in [2.05, 4.69) is 27.9 Å². The molecule has 2 rings (SSSR count). The van der Waals surface area contributed by atoms with Crippen molar-refractivity contribution in [2.24, 2.45) is 0 Å². The Morgan fingerprint density at radius 1 is 0.900 bits per heavy atom. The van der Waals surface area contributed by atoms with Crippen LogP contribution in [0.25, 0.3) is 0 Å². The Hall–Kier alpha value is -1.69. The van der Waals surface area contributed by atoms with Gasteiger partial charge in [-0.25, -0.2) is 0 Å². The highest BCUT2D eigenvalue weighted by Gasteiger charge is 2.09. The first-order chi connectivity index (χ1) is 9.65. The van der Waals surface area contributed by atoms with E-state index in [1.54, 1.807) is 12.1 Å². The molecule has 0 aromatic heterocycles. The summed E-state index contributed by atoms with van der Waals surface area (Å²) in [4.78, 5) is 23.7. The molecule has 0 aliphatic carbocycles. The second kappa shape index (κ2) is 7.19. The van der Waals surface area contributed by atoms with Gasteiger partial charge in [-0.2, -0.15) is 0 Å². The minimum absolute atomic E-state index is 0.00962. The summed E-state index contributed by atoms with van der Waals surface area (Å²) >= 11 is 2.19. The number of hydrogen-bond donors (Lipinski definition) is 1. The summed E-state index contributed by atoms with van der Waals surface area (Å²) < 4.78 is 1.08. The van der Waals surface area contributed by atoms with E-state index in [1.807, 2.05) is 42.5 Å². The van der Waals surface area contributed by atoms with Crippen molar-refractivity contribution in [3.05, 3.63) is 63.7 Å². The van der Waals surface area contributed by atoms with E-state index >= 15 is 0 Å². The minimum atomic E-state index is -0.143. The highest BCUT2D eigenvalue weighted by Crippen LogP contribution is 2.11. The summed E-state index contributed by atoms with van der Waals surface area (Å²) in [6, 6.07) is 16.6. The fraction of sp³-hybridized carbons (Fsp3) is 0.125. The quantitative estimate of drug-likeness (QED) is 0.633. The van der Waals surface area contributed by atoms with E-state index in [9.17, 15) is 9.59 Å². The highest BCUT2D eigenvalue weighted by atomic mass is 127. The smallest absolute Gasteiger partial charge is 0.224 e. The van der Waals surface area contributed by atoms with E-state index in [1.165, 1.54) is 0 Å². The molecule has 0 atom stereocenters. The molecule has 0 saturated heterocycles. The maximum atomic E-state index is 11.9. The van der Waals surface area contributed by atoms with Crippen molar-refractivity contribution in [3.63, 3.8) is 0 Å². The van der Waals surface area contributed by atoms with Crippen LogP contribution in [-0.2, 0) is 4.79 Å². The number of hydrogen-bond acceptors (Lipinski definition) is 2. The third-order valence-electron chi connectivity index (χ3n) is 2.80. The first kappa shape index (κ1) is 14.7. The number of halogens is 1. The van der Waals surface area contributed by atoms with Gasteiger partial charge in [-0.3, -0.25) is 9.59 Å². The Bertz CT molecular complexity index is 594. The predicted octanol–water partition coefficient (Wildman–Crippen LogP) is 3.89. The summed E-state index contributed by atoms with van der Waals surface area (Å²) in [7, 11) is 0. The average molecular weight is 379 g/mol. The van der Waals surface area contributed by atoms with Crippen LogP contribution >= 0.6 is 22.6 Å². The monoisotopic (exact) mass is 379 g/mol. The molecule has 2 aromatic rings. The molecule has 0 heterocycles. The van der Waals surface area contributed by atoms with Crippen molar-refractivity contribution in [1.29, 1.82) is 0 Å². The van der Waals surface area contributed by atoms with Crippen LogP contribution in [-0.4, -0.2) is 11.7 Å². The van der Waals surface area contributed by atoms with Crippen LogP contribution < -0.4 is 5.32 Å². The fourth-order valence-electron chi connectivity index (χ4n) is 1.75. The molecule has 0 bridgehead atoms. The van der Waals surface area contributed by atoms with Gasteiger partial charge in [0.05, 0.1) is 0 Å². The molecule has 20 heavy (non-hydrogen) atoms. The molecule has 3 nitrogen and oxygen atoms in total. The fourth-order valence-corrected chi connectivity index (χ4v) is 2.11. The summed E-state index contributed by atoms with van der Waals surface area (Å²) in [6.07, 6.45) is 0.416. The Balaban J connectivity index is 1.84. The van der Waals surface area contributed by atoms with Gasteiger partial charge in [0.1, 0.15) is 0 Å². The second-order valence-electron chi connectivity index (χ2n) is 4.34. The predicted molar refractivity (Wildman–Crippen MR) is 87.8 cm³/mol. The van der Waals surface area contributed by atoms with Gasteiger partial charge < -0.3 is 5.32 Å². The number of ketones is 1. The van der Waals surface area contributed by atoms with Crippen molar-refractivity contribution in [2.75, 3.05) is 5.32 Å². The van der Waals surface area contributed by atoms with E-state index in [0.29, 0.717) is 5.56 Å². The first-order valence-electron chi connectivity index (χ1n) is 6.29. The number of Topliss-reactive ketones (excluding diaryl/α,β-unsaturated/α-hetero) is 1. The number of rotatable bonds is 5. The molecule has 1 amide bonds. The van der Waals surface area contributed by atoms with Gasteiger partial charge in [0.25, 0.3) is 0 Å². The third kappa shape index (κ3) is 4.45. The van der Waals surface area contributed by atoms with E-state index < -0.39 is 0 Å². The number of carbonyl (C=O) groups is 2. The van der Waals surface area contributed by atoms with Crippen LogP contribution in [0.15, 0.2) is 54.6 Å². The molecule has 2 aromatic carbocycles. The molecule has 0 fully saturated rings. The molecule has 0 spiro atoms. The van der Waals surface area contributed by atoms with Crippen LogP contribution in [0.2, 0.25) is 0 Å². The Morgan fingerprint density at radius 2 is 1.55 bits per heavy atom. The van der Waals surface area contributed by atoms with Gasteiger partial charge in [-0.1, -0.05) is 30.3 Å². The number of para-hydroxylation sites is 1. The molecule has 0 unspecified atom stereocenters. The molecule has 4 heteroatoms. The Kier molecular flexibility index (Phi) is 5.29. The molecule has 0 saturated carbocycles. The van der Waals surface area contributed by atoms with Crippen molar-refractivity contribution in [2.45, 2.75) is 12.8 Å². The lowest BCUT2D eigenvalue weighted by Crippen LogP contribution is -2.13. The average Bonchev–Trinajstić information content (AvgIpc) is 2.46. The normalized spacial score (nSPS) is 10.1. The van der Waals surface area contributed by atoms with Gasteiger partial charge in [0.15, 0.2) is 5.78 Å². The zero-order valence-corrected chi connectivity index (χ0v) is 13.0. The number of amides is 1. The highest BCUT2D eigenvalue weighted by molar-refractivity contribution is 14.1. The summed E-state index contributed by atoms with van der Waals surface area (Å²) in [5.41, 5.74) is 1.40. The van der Waals surface area contributed by atoms with Crippen LogP contribution in [0, 0.1) is 3.57 Å². The second-order valence-corrected chi connectivity index (χ2v) is 5.59. The Labute approximate surface area is 131 Å². The van der Waals surface area contributed by atoms with Gasteiger partial charge in [0.2, 0.25) is 5.91 Å². The van der Waals surface area contributed by atoms with Crippen LogP contribution in [0.4, 0.5) is 5.69 Å². The number of nitrogens with one attached hydrogen (secondary N) is 1.